The molecular weight excluding hydrogens is 446 g/mol. The molecule has 1 amide bonds. The van der Waals surface area contributed by atoms with Crippen LogP contribution in [0.15, 0.2) is 36.4 Å². The summed E-state index contributed by atoms with van der Waals surface area (Å²) < 4.78 is 10.4. The SMILES string of the molecule is CCCCCc1ccc2ccc([C@]3(O)C[C@@H](C(=O)OC)N(C(=O)OCC[Si](C)(C)C)C3)cc2c1. The zero-order valence-corrected chi connectivity index (χ0v) is 22.2. The van der Waals surface area contributed by atoms with E-state index in [0.717, 1.165) is 29.7 Å². The van der Waals surface area contributed by atoms with Crippen LogP contribution in [0.4, 0.5) is 4.79 Å². The number of amides is 1. The van der Waals surface area contributed by atoms with Crippen molar-refractivity contribution in [3.63, 3.8) is 0 Å². The second-order valence-electron chi connectivity index (χ2n) is 10.7. The van der Waals surface area contributed by atoms with Crippen molar-refractivity contribution in [2.24, 2.45) is 0 Å². The number of methoxy groups -OCH3 is 1. The molecule has 0 aromatic heterocycles. The summed E-state index contributed by atoms with van der Waals surface area (Å²) in [4.78, 5) is 26.7. The minimum absolute atomic E-state index is 0.0136. The van der Waals surface area contributed by atoms with E-state index < -0.39 is 31.8 Å². The van der Waals surface area contributed by atoms with Gasteiger partial charge < -0.3 is 14.6 Å². The molecule has 2 aromatic rings. The number of carbonyl (C=O) groups is 2. The first-order valence-electron chi connectivity index (χ1n) is 12.3. The van der Waals surface area contributed by atoms with Crippen LogP contribution >= 0.6 is 0 Å². The van der Waals surface area contributed by atoms with E-state index in [1.807, 2.05) is 18.2 Å². The monoisotopic (exact) mass is 485 g/mol. The van der Waals surface area contributed by atoms with E-state index in [9.17, 15) is 14.7 Å². The van der Waals surface area contributed by atoms with Crippen LogP contribution in [-0.4, -0.2) is 56.4 Å². The van der Waals surface area contributed by atoms with E-state index in [2.05, 4.69) is 44.8 Å². The Morgan fingerprint density at radius 2 is 1.85 bits per heavy atom. The van der Waals surface area contributed by atoms with Gasteiger partial charge in [-0.15, -0.1) is 0 Å². The Bertz CT molecular complexity index is 1020. The topological polar surface area (TPSA) is 76.1 Å². The molecule has 34 heavy (non-hydrogen) atoms. The third-order valence-electron chi connectivity index (χ3n) is 6.64. The summed E-state index contributed by atoms with van der Waals surface area (Å²) in [6, 6.07) is 12.2. The number of rotatable bonds is 9. The number of nitrogens with zero attached hydrogens (tertiary/aromatic N) is 1. The highest BCUT2D eigenvalue weighted by molar-refractivity contribution is 6.76. The van der Waals surface area contributed by atoms with Gasteiger partial charge in [-0.05, 0) is 46.9 Å². The molecule has 2 aromatic carbocycles. The third kappa shape index (κ3) is 6.39. The fraction of sp³-hybridized carbons (Fsp3) is 0.556. The third-order valence-corrected chi connectivity index (χ3v) is 8.34. The fourth-order valence-corrected chi connectivity index (χ4v) is 5.20. The van der Waals surface area contributed by atoms with Crippen molar-refractivity contribution in [1.29, 1.82) is 0 Å². The van der Waals surface area contributed by atoms with Gasteiger partial charge in [-0.2, -0.15) is 0 Å². The predicted octanol–water partition coefficient (Wildman–Crippen LogP) is 5.48. The number of ether oxygens (including phenoxy) is 2. The van der Waals surface area contributed by atoms with Crippen molar-refractivity contribution in [2.45, 2.75) is 76.4 Å². The first-order valence-corrected chi connectivity index (χ1v) is 16.0. The summed E-state index contributed by atoms with van der Waals surface area (Å²) in [5.74, 6) is -0.544. The summed E-state index contributed by atoms with van der Waals surface area (Å²) in [6.45, 7) is 9.13. The average molecular weight is 486 g/mol. The maximum absolute atomic E-state index is 12.9. The lowest BCUT2D eigenvalue weighted by Crippen LogP contribution is -2.42. The number of hydrogen-bond acceptors (Lipinski definition) is 5. The van der Waals surface area contributed by atoms with Crippen LogP contribution in [0.5, 0.6) is 0 Å². The van der Waals surface area contributed by atoms with Crippen molar-refractivity contribution < 1.29 is 24.2 Å². The number of esters is 1. The molecule has 0 aliphatic carbocycles. The minimum atomic E-state index is -1.37. The van der Waals surface area contributed by atoms with Crippen molar-refractivity contribution in [3.05, 3.63) is 47.5 Å². The molecule has 1 saturated heterocycles. The van der Waals surface area contributed by atoms with E-state index in [4.69, 9.17) is 9.47 Å². The zero-order valence-electron chi connectivity index (χ0n) is 21.2. The second-order valence-corrected chi connectivity index (χ2v) is 16.3. The molecule has 1 heterocycles. The highest BCUT2D eigenvalue weighted by Gasteiger charge is 2.50. The standard InChI is InChI=1S/C27H39NO5Si/c1-6-7-8-9-20-10-11-21-12-13-23(17-22(21)16-20)27(31)18-24(25(29)32-2)28(19-27)26(30)33-14-15-34(3,4)5/h10-13,16-17,24,31H,6-9,14-15,18-19H2,1-5H3/t24-,27-/m0/s1. The van der Waals surface area contributed by atoms with E-state index in [1.165, 1.54) is 30.4 Å². The van der Waals surface area contributed by atoms with Gasteiger partial charge >= 0.3 is 12.1 Å². The number of unbranched alkanes of at least 4 members (excludes halogenated alkanes) is 2. The van der Waals surface area contributed by atoms with Crippen LogP contribution in [0, 0.1) is 0 Å². The summed E-state index contributed by atoms with van der Waals surface area (Å²) in [5.41, 5.74) is 0.608. The van der Waals surface area contributed by atoms with Crippen LogP contribution < -0.4 is 0 Å². The summed E-state index contributed by atoms with van der Waals surface area (Å²) in [7, 11) is -0.0726. The first-order chi connectivity index (χ1) is 16.1. The van der Waals surface area contributed by atoms with Gasteiger partial charge in [0.1, 0.15) is 11.6 Å². The van der Waals surface area contributed by atoms with Crippen molar-refractivity contribution in [2.75, 3.05) is 20.3 Å². The Kier molecular flexibility index (Phi) is 8.41. The predicted molar refractivity (Wildman–Crippen MR) is 138 cm³/mol. The van der Waals surface area contributed by atoms with Gasteiger partial charge in [0.25, 0.3) is 0 Å². The highest BCUT2D eigenvalue weighted by Crippen LogP contribution is 2.38. The molecule has 1 N–H and O–H groups in total. The molecule has 1 aliphatic rings. The molecule has 0 spiro atoms. The average Bonchev–Trinajstić information content (AvgIpc) is 3.16. The molecular formula is C27H39NO5Si. The van der Waals surface area contributed by atoms with Crippen LogP contribution in [0.1, 0.15) is 43.7 Å². The Morgan fingerprint density at radius 1 is 1.12 bits per heavy atom. The van der Waals surface area contributed by atoms with E-state index >= 15 is 0 Å². The van der Waals surface area contributed by atoms with Crippen LogP contribution in [0.2, 0.25) is 25.7 Å². The Morgan fingerprint density at radius 3 is 2.53 bits per heavy atom. The summed E-state index contributed by atoms with van der Waals surface area (Å²) >= 11 is 0. The number of aryl methyl sites for hydroxylation is 1. The molecule has 3 rings (SSSR count). The minimum Gasteiger partial charge on any atom is -0.467 e. The van der Waals surface area contributed by atoms with E-state index in [0.29, 0.717) is 12.2 Å². The molecule has 0 radical (unpaired) electrons. The van der Waals surface area contributed by atoms with Crippen LogP contribution in [0.3, 0.4) is 0 Å². The van der Waals surface area contributed by atoms with Gasteiger partial charge in [0.15, 0.2) is 0 Å². The Labute approximate surface area is 204 Å². The normalized spacial score (nSPS) is 20.5. The number of β-amino-alcohol motifs (C(OH)–C–C–N with tert-alkyl or cyclic N) is 1. The number of aliphatic hydroxyl groups is 1. The van der Waals surface area contributed by atoms with Gasteiger partial charge in [-0.3, -0.25) is 4.90 Å². The highest BCUT2D eigenvalue weighted by atomic mass is 28.3. The Balaban J connectivity index is 1.83. The van der Waals surface area contributed by atoms with Gasteiger partial charge in [0.2, 0.25) is 0 Å². The molecule has 0 unspecified atom stereocenters. The molecule has 186 valence electrons. The quantitative estimate of drug-likeness (QED) is 0.289. The number of fused-ring (bicyclic) bond motifs is 1. The van der Waals surface area contributed by atoms with Gasteiger partial charge in [-0.25, -0.2) is 9.59 Å². The molecule has 1 fully saturated rings. The van der Waals surface area contributed by atoms with Crippen molar-refractivity contribution >= 4 is 30.9 Å². The number of likely N-dealkylation sites (tertiary alicyclic amines) is 1. The van der Waals surface area contributed by atoms with Crippen molar-refractivity contribution in [3.8, 4) is 0 Å². The summed E-state index contributed by atoms with van der Waals surface area (Å²) in [6.07, 6.45) is 4.06. The molecule has 6 nitrogen and oxygen atoms in total. The van der Waals surface area contributed by atoms with Crippen LogP contribution in [0.25, 0.3) is 10.8 Å². The number of benzene rings is 2. The first kappa shape index (κ1) is 26.2. The lowest BCUT2D eigenvalue weighted by Gasteiger charge is -2.25. The lowest BCUT2D eigenvalue weighted by atomic mass is 9.89. The Hall–Kier alpha value is -2.38. The van der Waals surface area contributed by atoms with Crippen molar-refractivity contribution in [1.82, 2.24) is 4.90 Å². The summed E-state index contributed by atoms with van der Waals surface area (Å²) in [5, 5.41) is 13.7. The van der Waals surface area contributed by atoms with E-state index in [1.54, 1.807) is 0 Å². The molecule has 0 bridgehead atoms. The molecule has 7 heteroatoms. The lowest BCUT2D eigenvalue weighted by molar-refractivity contribution is -0.145. The van der Waals surface area contributed by atoms with E-state index in [-0.39, 0.29) is 13.0 Å². The molecule has 1 aliphatic heterocycles. The maximum Gasteiger partial charge on any atom is 0.410 e. The number of carbonyl (C=O) groups excluding carboxylic acids is 2. The molecule has 0 saturated carbocycles. The van der Waals surface area contributed by atoms with Gasteiger partial charge in [0, 0.05) is 14.5 Å². The number of hydrogen-bond donors (Lipinski definition) is 1. The smallest absolute Gasteiger partial charge is 0.410 e. The van der Waals surface area contributed by atoms with Crippen LogP contribution in [-0.2, 0) is 26.3 Å². The second kappa shape index (κ2) is 10.9. The zero-order chi connectivity index (χ0) is 24.9. The molecule has 2 atom stereocenters. The fourth-order valence-electron chi connectivity index (χ4n) is 4.48. The van der Waals surface area contributed by atoms with Gasteiger partial charge in [-0.1, -0.05) is 69.7 Å². The van der Waals surface area contributed by atoms with Gasteiger partial charge in [0.05, 0.1) is 20.3 Å². The maximum atomic E-state index is 12.9. The largest absolute Gasteiger partial charge is 0.467 e.